The lowest BCUT2D eigenvalue weighted by Gasteiger charge is -2.17. The van der Waals surface area contributed by atoms with E-state index in [9.17, 15) is 24.6 Å². The summed E-state index contributed by atoms with van der Waals surface area (Å²) in [6, 6.07) is 5.83. The fraction of sp³-hybridized carbons (Fsp3) is 0.324. The summed E-state index contributed by atoms with van der Waals surface area (Å²) in [6.07, 6.45) is 2.43. The molecule has 5 heterocycles. The lowest BCUT2D eigenvalue weighted by atomic mass is 9.85. The molecule has 0 unspecified atom stereocenters. The topological polar surface area (TPSA) is 158 Å². The van der Waals surface area contributed by atoms with Crippen molar-refractivity contribution in [1.29, 1.82) is 0 Å². The highest BCUT2D eigenvalue weighted by atomic mass is 16.5. The van der Waals surface area contributed by atoms with Crippen LogP contribution in [0, 0.1) is 13.8 Å². The normalized spacial score (nSPS) is 16.2. The number of rotatable bonds is 9. The summed E-state index contributed by atoms with van der Waals surface area (Å²) in [5.74, 6) is -2.89. The zero-order valence-electron chi connectivity index (χ0n) is 25.5. The number of H-pyrrole nitrogens is 2. The Bertz CT molecular complexity index is 1910. The largest absolute Gasteiger partial charge is 0.481 e. The van der Waals surface area contributed by atoms with Gasteiger partial charge in [-0.2, -0.15) is 0 Å². The highest BCUT2D eigenvalue weighted by molar-refractivity contribution is 6.24. The van der Waals surface area contributed by atoms with E-state index in [1.165, 1.54) is 0 Å². The minimum absolute atomic E-state index is 0.0549. The molecule has 5 rings (SSSR count). The maximum atomic E-state index is 12.7. The van der Waals surface area contributed by atoms with Gasteiger partial charge >= 0.3 is 11.9 Å². The number of carbonyl (C=O) groups is 3. The van der Waals surface area contributed by atoms with Crippen LogP contribution in [-0.4, -0.2) is 55.2 Å². The number of carboxylic acid groups (broad SMARTS) is 2. The molecular weight excluding hydrogens is 560 g/mol. The number of carboxylic acids is 2. The van der Waals surface area contributed by atoms with E-state index >= 15 is 0 Å². The van der Waals surface area contributed by atoms with Crippen LogP contribution in [0.5, 0.6) is 0 Å². The first-order valence-electron chi connectivity index (χ1n) is 14.6. The van der Waals surface area contributed by atoms with Crippen molar-refractivity contribution in [3.63, 3.8) is 0 Å². The maximum absolute atomic E-state index is 12.7. The lowest BCUT2D eigenvalue weighted by molar-refractivity contribution is -0.136. The summed E-state index contributed by atoms with van der Waals surface area (Å²) < 4.78 is 5.03. The van der Waals surface area contributed by atoms with Gasteiger partial charge in [0.25, 0.3) is 6.47 Å². The second kappa shape index (κ2) is 11.9. The van der Waals surface area contributed by atoms with Gasteiger partial charge in [-0.3, -0.25) is 14.6 Å². The molecule has 0 radical (unpaired) electrons. The van der Waals surface area contributed by atoms with Crippen LogP contribution in [0.2, 0.25) is 0 Å². The number of nitrogens with one attached hydrogen (secondary N) is 2. The Morgan fingerprint density at radius 3 is 2.34 bits per heavy atom. The Balaban J connectivity index is 2.02. The van der Waals surface area contributed by atoms with Gasteiger partial charge in [-0.05, 0) is 74.1 Å². The molecule has 10 nitrogen and oxygen atoms in total. The molecule has 0 fully saturated rings. The molecule has 2 atom stereocenters. The third kappa shape index (κ3) is 5.21. The second-order valence-corrected chi connectivity index (χ2v) is 11.3. The van der Waals surface area contributed by atoms with Crippen molar-refractivity contribution in [3.8, 4) is 0 Å². The molecule has 228 valence electrons. The van der Waals surface area contributed by atoms with Crippen molar-refractivity contribution >= 4 is 57.7 Å². The quantitative estimate of drug-likeness (QED) is 0.167. The van der Waals surface area contributed by atoms with Crippen LogP contribution in [0.4, 0.5) is 0 Å². The van der Waals surface area contributed by atoms with E-state index in [-0.39, 0.29) is 35.3 Å². The third-order valence-corrected chi connectivity index (χ3v) is 8.89. The summed E-state index contributed by atoms with van der Waals surface area (Å²) in [6.45, 7) is 14.3. The van der Waals surface area contributed by atoms with E-state index in [4.69, 9.17) is 14.7 Å². The van der Waals surface area contributed by atoms with Crippen LogP contribution in [0.1, 0.15) is 89.6 Å². The molecule has 4 N–H and O–H groups in total. The van der Waals surface area contributed by atoms with E-state index in [2.05, 4.69) is 23.5 Å². The number of allylic oxidation sites excluding steroid dienone is 1. The van der Waals surface area contributed by atoms with Crippen LogP contribution >= 0.6 is 0 Å². The molecule has 0 aliphatic carbocycles. The van der Waals surface area contributed by atoms with E-state index in [1.54, 1.807) is 6.92 Å². The highest BCUT2D eigenvalue weighted by Crippen LogP contribution is 2.43. The third-order valence-electron chi connectivity index (χ3n) is 8.89. The van der Waals surface area contributed by atoms with Crippen LogP contribution in [0.25, 0.3) is 39.3 Å². The fourth-order valence-corrected chi connectivity index (χ4v) is 6.49. The van der Waals surface area contributed by atoms with Gasteiger partial charge in [-0.25, -0.2) is 9.78 Å². The Morgan fingerprint density at radius 2 is 1.70 bits per heavy atom. The second-order valence-electron chi connectivity index (χ2n) is 11.3. The smallest absolute Gasteiger partial charge is 0.338 e. The number of aromatic amines is 2. The molecule has 44 heavy (non-hydrogen) atoms. The van der Waals surface area contributed by atoms with Gasteiger partial charge in [0.15, 0.2) is 0 Å². The maximum Gasteiger partial charge on any atom is 0.338 e. The average Bonchev–Trinajstić information content (AvgIpc) is 3.65. The lowest BCUT2D eigenvalue weighted by Crippen LogP contribution is -2.13. The van der Waals surface area contributed by atoms with Gasteiger partial charge < -0.3 is 24.9 Å². The number of hydrogen-bond donors (Lipinski definition) is 4. The zero-order valence-corrected chi connectivity index (χ0v) is 25.5. The Labute approximate surface area is 254 Å². The van der Waals surface area contributed by atoms with Crippen molar-refractivity contribution in [3.05, 3.63) is 75.4 Å². The zero-order chi connectivity index (χ0) is 31.9. The van der Waals surface area contributed by atoms with Crippen molar-refractivity contribution in [2.75, 3.05) is 6.61 Å². The van der Waals surface area contributed by atoms with E-state index in [0.717, 1.165) is 50.7 Å². The summed E-state index contributed by atoms with van der Waals surface area (Å²) in [4.78, 5) is 52.7. The van der Waals surface area contributed by atoms with Crippen molar-refractivity contribution in [2.24, 2.45) is 0 Å². The van der Waals surface area contributed by atoms with Gasteiger partial charge in [0.2, 0.25) is 0 Å². The molecule has 8 bridgehead atoms. The standard InChI is InChI=1S/C34H36N4O6/c1-7-20-16(3)24-12-26-18(5)22(9-10-44-15-39)32(37-26)23(11-30(40)41)33-31(34(42)43)19(6)27(38-33)14-29-21(8-2)17(4)25(36-29)13-28(20)35-24/h7,12-15,18,22,35-36H,1,8-11H2,2-6H3,(H,40,41)(H,42,43)/t18-,22-/m0/s1. The van der Waals surface area contributed by atoms with Crippen molar-refractivity contribution in [2.45, 2.75) is 65.7 Å². The summed E-state index contributed by atoms with van der Waals surface area (Å²) in [5.41, 5.74) is 9.71. The van der Waals surface area contributed by atoms with Gasteiger partial charge in [-0.1, -0.05) is 26.5 Å². The average molecular weight is 597 g/mol. The van der Waals surface area contributed by atoms with Crippen LogP contribution in [0.15, 0.2) is 24.8 Å². The molecule has 2 aliphatic rings. The molecular formula is C34H36N4O6. The van der Waals surface area contributed by atoms with Gasteiger partial charge in [0, 0.05) is 50.7 Å². The predicted molar refractivity (Wildman–Crippen MR) is 169 cm³/mol. The predicted octanol–water partition coefficient (Wildman–Crippen LogP) is 6.23. The summed E-state index contributed by atoms with van der Waals surface area (Å²) >= 11 is 0. The fourth-order valence-electron chi connectivity index (χ4n) is 6.49. The van der Waals surface area contributed by atoms with Crippen LogP contribution < -0.4 is 0 Å². The van der Waals surface area contributed by atoms with Crippen molar-refractivity contribution in [1.82, 2.24) is 19.9 Å². The molecule has 0 saturated heterocycles. The molecule has 10 heteroatoms. The van der Waals surface area contributed by atoms with Gasteiger partial charge in [-0.15, -0.1) is 0 Å². The molecule has 0 aromatic carbocycles. The Hall–Kier alpha value is -4.99. The number of nitrogens with zero attached hydrogens (tertiary/aromatic N) is 2. The number of hydrogen-bond acceptors (Lipinski definition) is 6. The molecule has 0 amide bonds. The SMILES string of the molecule is C=Cc1c(C)c2cc3nc(c(CC(=O)O)c4nc(cc5[nH]c(cc1[nH]2)c(C)c5CC)C(C)=C4C(=O)O)[C@@H](CCOC=O)[C@@H]3C. The molecule has 3 aromatic rings. The number of ether oxygens (including phenoxy) is 1. The number of aliphatic carboxylic acids is 2. The van der Waals surface area contributed by atoms with Crippen LogP contribution in [-0.2, 0) is 32.0 Å². The Morgan fingerprint density at radius 1 is 1.00 bits per heavy atom. The van der Waals surface area contributed by atoms with Gasteiger partial charge in [0.1, 0.15) is 0 Å². The Kier molecular flexibility index (Phi) is 8.27. The van der Waals surface area contributed by atoms with Gasteiger partial charge in [0.05, 0.1) is 35.7 Å². The monoisotopic (exact) mass is 596 g/mol. The minimum Gasteiger partial charge on any atom is -0.481 e. The molecule has 0 saturated carbocycles. The minimum atomic E-state index is -1.20. The number of aromatic nitrogens is 4. The first-order valence-corrected chi connectivity index (χ1v) is 14.6. The summed E-state index contributed by atoms with van der Waals surface area (Å²) in [7, 11) is 0. The van der Waals surface area contributed by atoms with E-state index in [1.807, 2.05) is 45.0 Å². The molecule has 0 spiro atoms. The first kappa shape index (κ1) is 30.5. The van der Waals surface area contributed by atoms with E-state index in [0.29, 0.717) is 35.5 Å². The highest BCUT2D eigenvalue weighted by Gasteiger charge is 2.35. The molecule has 3 aromatic heterocycles. The number of aryl methyl sites for hydroxylation is 3. The number of carbonyl (C=O) groups excluding carboxylic acids is 1. The number of fused-ring (bicyclic) bond motifs is 8. The van der Waals surface area contributed by atoms with Crippen LogP contribution in [0.3, 0.4) is 0 Å². The summed E-state index contributed by atoms with van der Waals surface area (Å²) in [5, 5.41) is 20.4. The first-order chi connectivity index (χ1) is 21.0. The van der Waals surface area contributed by atoms with E-state index < -0.39 is 18.4 Å². The molecule has 2 aliphatic heterocycles. The van der Waals surface area contributed by atoms with Crippen molar-refractivity contribution < 1.29 is 29.3 Å².